The summed E-state index contributed by atoms with van der Waals surface area (Å²) >= 11 is 0. The van der Waals surface area contributed by atoms with E-state index in [1.165, 1.54) is 0 Å². The van der Waals surface area contributed by atoms with Crippen LogP contribution in [0, 0.1) is 0 Å². The van der Waals surface area contributed by atoms with Gasteiger partial charge in [0.1, 0.15) is 0 Å². The van der Waals surface area contributed by atoms with E-state index >= 15 is 0 Å². The van der Waals surface area contributed by atoms with Gasteiger partial charge in [-0.25, -0.2) is 0 Å². The third kappa shape index (κ3) is 25.8. The molecule has 0 saturated carbocycles. The number of aliphatic hydroxyl groups excluding tert-OH is 1. The molecule has 0 fully saturated rings. The summed E-state index contributed by atoms with van der Waals surface area (Å²) in [5, 5.41) is 8.73. The van der Waals surface area contributed by atoms with Gasteiger partial charge in [0, 0.05) is 21.3 Å². The molecule has 1 unspecified atom stereocenters. The Morgan fingerprint density at radius 3 is 1.73 bits per heavy atom. The number of methoxy groups -OCH3 is 2. The number of rotatable bonds is 3. The molecule has 0 aliphatic heterocycles. The van der Waals surface area contributed by atoms with Gasteiger partial charge in [-0.05, 0) is 6.42 Å². The summed E-state index contributed by atoms with van der Waals surface area (Å²) in [5.74, 6) is 0. The molecular formula is C8H22O3. The highest BCUT2D eigenvalue weighted by Crippen LogP contribution is 1.87. The summed E-state index contributed by atoms with van der Waals surface area (Å²) in [6.07, 6.45) is 0.499. The molecule has 0 heterocycles. The lowest BCUT2D eigenvalue weighted by molar-refractivity contribution is 0.0625. The second-order valence-electron chi connectivity index (χ2n) is 1.93. The zero-order valence-corrected chi connectivity index (χ0v) is 7.26. The zero-order valence-electron chi connectivity index (χ0n) is 7.26. The van der Waals surface area contributed by atoms with Crippen LogP contribution in [0.2, 0.25) is 0 Å². The molecule has 0 radical (unpaired) electrons. The van der Waals surface area contributed by atoms with Crippen molar-refractivity contribution in [1.82, 2.24) is 0 Å². The molecule has 0 aromatic rings. The standard InChI is InChI=1S/C5H12O2.C2H6O.CH4/c1-3-5(6)4-7-2;1-3-2;/h5-6H,3-4H2,1-2H3;1-2H3;1H4. The monoisotopic (exact) mass is 166 g/mol. The number of aliphatic hydroxyl groups is 1. The van der Waals surface area contributed by atoms with Gasteiger partial charge in [-0.15, -0.1) is 0 Å². The molecule has 11 heavy (non-hydrogen) atoms. The van der Waals surface area contributed by atoms with Gasteiger partial charge in [-0.1, -0.05) is 14.4 Å². The van der Waals surface area contributed by atoms with Gasteiger partial charge >= 0.3 is 0 Å². The van der Waals surface area contributed by atoms with Crippen molar-refractivity contribution in [3.8, 4) is 0 Å². The summed E-state index contributed by atoms with van der Waals surface area (Å²) < 4.78 is 8.89. The van der Waals surface area contributed by atoms with E-state index in [-0.39, 0.29) is 13.5 Å². The van der Waals surface area contributed by atoms with Crippen LogP contribution in [0.15, 0.2) is 0 Å². The van der Waals surface area contributed by atoms with Crippen LogP contribution in [0.4, 0.5) is 0 Å². The molecule has 1 N–H and O–H groups in total. The number of hydrogen-bond donors (Lipinski definition) is 1. The van der Waals surface area contributed by atoms with E-state index in [4.69, 9.17) is 5.11 Å². The minimum Gasteiger partial charge on any atom is -0.391 e. The Morgan fingerprint density at radius 2 is 1.64 bits per heavy atom. The predicted molar refractivity (Wildman–Crippen MR) is 47.8 cm³/mol. The van der Waals surface area contributed by atoms with Crippen molar-refractivity contribution < 1.29 is 14.6 Å². The molecule has 0 spiro atoms. The van der Waals surface area contributed by atoms with Crippen molar-refractivity contribution in [1.29, 1.82) is 0 Å². The van der Waals surface area contributed by atoms with E-state index < -0.39 is 0 Å². The highest BCUT2D eigenvalue weighted by molar-refractivity contribution is 4.45. The van der Waals surface area contributed by atoms with Crippen LogP contribution in [0.5, 0.6) is 0 Å². The first-order valence-corrected chi connectivity index (χ1v) is 3.30. The Morgan fingerprint density at radius 1 is 1.27 bits per heavy atom. The first-order valence-electron chi connectivity index (χ1n) is 3.30. The third-order valence-corrected chi connectivity index (χ3v) is 0.830. The van der Waals surface area contributed by atoms with Crippen molar-refractivity contribution in [2.45, 2.75) is 26.9 Å². The minimum atomic E-state index is -0.273. The van der Waals surface area contributed by atoms with Crippen molar-refractivity contribution in [2.24, 2.45) is 0 Å². The molecule has 0 rings (SSSR count). The number of ether oxygens (including phenoxy) is 2. The average Bonchev–Trinajstić information content (AvgIpc) is 1.90. The van der Waals surface area contributed by atoms with Crippen LogP contribution >= 0.6 is 0 Å². The molecule has 0 aromatic carbocycles. The predicted octanol–water partition coefficient (Wildman–Crippen LogP) is 1.30. The third-order valence-electron chi connectivity index (χ3n) is 0.830. The Labute approximate surface area is 70.3 Å². The first kappa shape index (κ1) is 17.1. The molecule has 0 aliphatic rings. The number of hydrogen-bond acceptors (Lipinski definition) is 3. The highest BCUT2D eigenvalue weighted by atomic mass is 16.5. The van der Waals surface area contributed by atoms with Crippen LogP contribution in [-0.4, -0.2) is 39.1 Å². The van der Waals surface area contributed by atoms with Crippen LogP contribution < -0.4 is 0 Å². The van der Waals surface area contributed by atoms with Crippen LogP contribution in [0.1, 0.15) is 20.8 Å². The maximum atomic E-state index is 8.73. The molecule has 0 amide bonds. The van der Waals surface area contributed by atoms with E-state index in [1.54, 1.807) is 21.3 Å². The van der Waals surface area contributed by atoms with E-state index in [1.807, 2.05) is 6.92 Å². The van der Waals surface area contributed by atoms with E-state index in [0.29, 0.717) is 6.61 Å². The smallest absolute Gasteiger partial charge is 0.0770 e. The van der Waals surface area contributed by atoms with Gasteiger partial charge in [-0.3, -0.25) is 0 Å². The SMILES string of the molecule is C.CCC(O)COC.COC. The van der Waals surface area contributed by atoms with Gasteiger partial charge in [0.05, 0.1) is 12.7 Å². The minimum absolute atomic E-state index is 0. The summed E-state index contributed by atoms with van der Waals surface area (Å²) in [6, 6.07) is 0. The Balaban J connectivity index is -0.000000140. The average molecular weight is 166 g/mol. The van der Waals surface area contributed by atoms with Crippen molar-refractivity contribution >= 4 is 0 Å². The maximum Gasteiger partial charge on any atom is 0.0770 e. The molecule has 0 bridgehead atoms. The quantitative estimate of drug-likeness (QED) is 0.687. The van der Waals surface area contributed by atoms with Gasteiger partial charge < -0.3 is 14.6 Å². The zero-order chi connectivity index (χ0) is 8.41. The molecule has 0 aliphatic carbocycles. The molecule has 0 saturated heterocycles. The van der Waals surface area contributed by atoms with Gasteiger partial charge in [-0.2, -0.15) is 0 Å². The van der Waals surface area contributed by atoms with Crippen molar-refractivity contribution in [2.75, 3.05) is 27.9 Å². The van der Waals surface area contributed by atoms with Gasteiger partial charge in [0.15, 0.2) is 0 Å². The fraction of sp³-hybridized carbons (Fsp3) is 1.00. The lowest BCUT2D eigenvalue weighted by Crippen LogP contribution is -2.11. The lowest BCUT2D eigenvalue weighted by Gasteiger charge is -2.02. The molecule has 1 atom stereocenters. The fourth-order valence-corrected chi connectivity index (χ4v) is 0.310. The first-order chi connectivity index (χ1) is 4.72. The normalized spacial score (nSPS) is 10.6. The Hall–Kier alpha value is -0.120. The summed E-state index contributed by atoms with van der Waals surface area (Å²) in [5.41, 5.74) is 0. The largest absolute Gasteiger partial charge is 0.391 e. The van der Waals surface area contributed by atoms with Crippen LogP contribution in [-0.2, 0) is 9.47 Å². The van der Waals surface area contributed by atoms with Crippen LogP contribution in [0.3, 0.4) is 0 Å². The molecular weight excluding hydrogens is 144 g/mol. The van der Waals surface area contributed by atoms with Crippen molar-refractivity contribution in [3.63, 3.8) is 0 Å². The van der Waals surface area contributed by atoms with E-state index in [2.05, 4.69) is 9.47 Å². The fourth-order valence-electron chi connectivity index (χ4n) is 0.310. The summed E-state index contributed by atoms with van der Waals surface area (Å²) in [4.78, 5) is 0. The molecule has 0 aromatic heterocycles. The highest BCUT2D eigenvalue weighted by Gasteiger charge is 1.95. The molecule has 72 valence electrons. The Bertz CT molecular complexity index is 48.6. The second-order valence-corrected chi connectivity index (χ2v) is 1.93. The molecule has 3 heteroatoms. The van der Waals surface area contributed by atoms with Crippen molar-refractivity contribution in [3.05, 3.63) is 0 Å². The van der Waals surface area contributed by atoms with E-state index in [9.17, 15) is 0 Å². The van der Waals surface area contributed by atoms with E-state index in [0.717, 1.165) is 6.42 Å². The van der Waals surface area contributed by atoms with Crippen LogP contribution in [0.25, 0.3) is 0 Å². The summed E-state index contributed by atoms with van der Waals surface area (Å²) in [7, 11) is 4.83. The Kier molecular flexibility index (Phi) is 25.6. The maximum absolute atomic E-state index is 8.73. The second kappa shape index (κ2) is 16.5. The lowest BCUT2D eigenvalue weighted by atomic mass is 10.3. The van der Waals surface area contributed by atoms with Gasteiger partial charge in [0.2, 0.25) is 0 Å². The topological polar surface area (TPSA) is 38.7 Å². The van der Waals surface area contributed by atoms with Gasteiger partial charge in [0.25, 0.3) is 0 Å². The molecule has 3 nitrogen and oxygen atoms in total. The summed E-state index contributed by atoms with van der Waals surface area (Å²) in [6.45, 7) is 2.38.